The fourth-order valence-electron chi connectivity index (χ4n) is 1.09. The second-order valence-corrected chi connectivity index (χ2v) is 3.47. The molecule has 1 atom stereocenters. The molecule has 0 spiro atoms. The summed E-state index contributed by atoms with van der Waals surface area (Å²) in [6, 6.07) is 6.01. The van der Waals surface area contributed by atoms with Crippen molar-refractivity contribution in [2.75, 3.05) is 6.54 Å². The van der Waals surface area contributed by atoms with Crippen LogP contribution in [0.25, 0.3) is 0 Å². The average molecular weight is 178 g/mol. The first-order valence-electron chi connectivity index (χ1n) is 4.93. The maximum Gasteiger partial charge on any atom is 0.0541 e. The van der Waals surface area contributed by atoms with Gasteiger partial charge in [0.1, 0.15) is 0 Å². The minimum Gasteiger partial charge on any atom is -0.311 e. The minimum atomic E-state index is 0.753. The lowest BCUT2D eigenvalue weighted by Crippen LogP contribution is -2.20. The van der Waals surface area contributed by atoms with Crippen molar-refractivity contribution in [3.63, 3.8) is 0 Å². The van der Waals surface area contributed by atoms with E-state index in [0.717, 1.165) is 24.7 Å². The highest BCUT2D eigenvalue weighted by atomic mass is 14.9. The van der Waals surface area contributed by atoms with Crippen molar-refractivity contribution >= 4 is 0 Å². The van der Waals surface area contributed by atoms with Crippen LogP contribution in [-0.4, -0.2) is 11.5 Å². The van der Waals surface area contributed by atoms with E-state index in [-0.39, 0.29) is 0 Å². The average Bonchev–Trinajstić information content (AvgIpc) is 2.19. The molecule has 1 aromatic heterocycles. The normalized spacial score (nSPS) is 12.8. The van der Waals surface area contributed by atoms with Crippen molar-refractivity contribution in [3.05, 3.63) is 30.1 Å². The first-order valence-corrected chi connectivity index (χ1v) is 4.93. The first kappa shape index (κ1) is 10.2. The van der Waals surface area contributed by atoms with Crippen LogP contribution in [0.15, 0.2) is 24.4 Å². The van der Waals surface area contributed by atoms with Crippen molar-refractivity contribution in [2.24, 2.45) is 5.92 Å². The van der Waals surface area contributed by atoms with E-state index in [1.165, 1.54) is 6.42 Å². The van der Waals surface area contributed by atoms with Gasteiger partial charge in [0.15, 0.2) is 0 Å². The number of rotatable bonds is 5. The van der Waals surface area contributed by atoms with E-state index in [4.69, 9.17) is 0 Å². The Bertz CT molecular complexity index is 221. The molecule has 2 heteroatoms. The second-order valence-electron chi connectivity index (χ2n) is 3.47. The van der Waals surface area contributed by atoms with E-state index in [2.05, 4.69) is 24.1 Å². The van der Waals surface area contributed by atoms with Gasteiger partial charge in [-0.3, -0.25) is 4.98 Å². The monoisotopic (exact) mass is 178 g/mol. The Morgan fingerprint density at radius 2 is 2.31 bits per heavy atom. The molecule has 0 unspecified atom stereocenters. The first-order chi connectivity index (χ1) is 6.33. The fraction of sp³-hybridized carbons (Fsp3) is 0.545. The zero-order chi connectivity index (χ0) is 9.52. The van der Waals surface area contributed by atoms with E-state index in [1.54, 1.807) is 0 Å². The Hall–Kier alpha value is -0.890. The molecule has 1 N–H and O–H groups in total. The highest BCUT2D eigenvalue weighted by molar-refractivity contribution is 5.02. The maximum atomic E-state index is 4.24. The molecule has 0 aliphatic heterocycles. The topological polar surface area (TPSA) is 24.9 Å². The number of nitrogens with one attached hydrogen (secondary N) is 1. The van der Waals surface area contributed by atoms with Gasteiger partial charge in [0.25, 0.3) is 0 Å². The summed E-state index contributed by atoms with van der Waals surface area (Å²) in [4.78, 5) is 4.24. The third-order valence-corrected chi connectivity index (χ3v) is 2.22. The molecule has 0 fully saturated rings. The number of aromatic nitrogens is 1. The SMILES string of the molecule is CC[C@@H](C)CNCc1ccccn1. The van der Waals surface area contributed by atoms with Crippen LogP contribution in [0.2, 0.25) is 0 Å². The molecule has 72 valence electrons. The van der Waals surface area contributed by atoms with E-state index in [0.29, 0.717) is 0 Å². The van der Waals surface area contributed by atoms with Crippen LogP contribution in [0.4, 0.5) is 0 Å². The van der Waals surface area contributed by atoms with Gasteiger partial charge in [-0.25, -0.2) is 0 Å². The van der Waals surface area contributed by atoms with Crippen molar-refractivity contribution in [3.8, 4) is 0 Å². The van der Waals surface area contributed by atoms with E-state index in [9.17, 15) is 0 Å². The van der Waals surface area contributed by atoms with Gasteiger partial charge >= 0.3 is 0 Å². The standard InChI is InChI=1S/C11H18N2/c1-3-10(2)8-12-9-11-6-4-5-7-13-11/h4-7,10,12H,3,8-9H2,1-2H3/t10-/m1/s1. The molecule has 2 nitrogen and oxygen atoms in total. The largest absolute Gasteiger partial charge is 0.311 e. The lowest BCUT2D eigenvalue weighted by atomic mass is 10.1. The lowest BCUT2D eigenvalue weighted by Gasteiger charge is -2.09. The number of nitrogens with zero attached hydrogens (tertiary/aromatic N) is 1. The number of hydrogen-bond acceptors (Lipinski definition) is 2. The maximum absolute atomic E-state index is 4.24. The van der Waals surface area contributed by atoms with Crippen LogP contribution >= 0.6 is 0 Å². The lowest BCUT2D eigenvalue weighted by molar-refractivity contribution is 0.497. The summed E-state index contributed by atoms with van der Waals surface area (Å²) < 4.78 is 0. The Morgan fingerprint density at radius 3 is 2.92 bits per heavy atom. The molecule has 0 radical (unpaired) electrons. The molecule has 0 aliphatic carbocycles. The summed E-state index contributed by atoms with van der Waals surface area (Å²) in [7, 11) is 0. The zero-order valence-corrected chi connectivity index (χ0v) is 8.46. The molecular formula is C11H18N2. The highest BCUT2D eigenvalue weighted by Crippen LogP contribution is 1.98. The van der Waals surface area contributed by atoms with Crippen LogP contribution in [0.5, 0.6) is 0 Å². The summed E-state index contributed by atoms with van der Waals surface area (Å²) in [5.74, 6) is 0.753. The highest BCUT2D eigenvalue weighted by Gasteiger charge is 1.97. The van der Waals surface area contributed by atoms with Crippen molar-refractivity contribution in [1.29, 1.82) is 0 Å². The van der Waals surface area contributed by atoms with Gasteiger partial charge in [-0.15, -0.1) is 0 Å². The smallest absolute Gasteiger partial charge is 0.0541 e. The van der Waals surface area contributed by atoms with Gasteiger partial charge < -0.3 is 5.32 Å². The van der Waals surface area contributed by atoms with Gasteiger partial charge in [-0.1, -0.05) is 26.3 Å². The van der Waals surface area contributed by atoms with Gasteiger partial charge in [-0.05, 0) is 24.6 Å². The summed E-state index contributed by atoms with van der Waals surface area (Å²) >= 11 is 0. The Labute approximate surface area is 80.4 Å². The summed E-state index contributed by atoms with van der Waals surface area (Å²) in [5.41, 5.74) is 1.12. The molecule has 1 heterocycles. The fourth-order valence-corrected chi connectivity index (χ4v) is 1.09. The molecule has 0 bridgehead atoms. The van der Waals surface area contributed by atoms with Crippen LogP contribution in [0, 0.1) is 5.92 Å². The van der Waals surface area contributed by atoms with Gasteiger partial charge in [-0.2, -0.15) is 0 Å². The van der Waals surface area contributed by atoms with Crippen molar-refractivity contribution < 1.29 is 0 Å². The summed E-state index contributed by atoms with van der Waals surface area (Å²) in [6.07, 6.45) is 3.06. The third-order valence-electron chi connectivity index (χ3n) is 2.22. The van der Waals surface area contributed by atoms with Gasteiger partial charge in [0, 0.05) is 12.7 Å². The Morgan fingerprint density at radius 1 is 1.46 bits per heavy atom. The molecular weight excluding hydrogens is 160 g/mol. The quantitative estimate of drug-likeness (QED) is 0.747. The van der Waals surface area contributed by atoms with Crippen LogP contribution in [0.1, 0.15) is 26.0 Å². The third kappa shape index (κ3) is 4.04. The molecule has 0 saturated heterocycles. The molecule has 0 aliphatic rings. The predicted molar refractivity (Wildman–Crippen MR) is 55.4 cm³/mol. The molecule has 0 aromatic carbocycles. The number of hydrogen-bond donors (Lipinski definition) is 1. The second kappa shape index (κ2) is 5.70. The van der Waals surface area contributed by atoms with E-state index >= 15 is 0 Å². The van der Waals surface area contributed by atoms with Gasteiger partial charge in [0.05, 0.1) is 5.69 Å². The molecule has 1 rings (SSSR count). The molecule has 0 saturated carbocycles. The van der Waals surface area contributed by atoms with Crippen LogP contribution < -0.4 is 5.32 Å². The van der Waals surface area contributed by atoms with Crippen LogP contribution in [-0.2, 0) is 6.54 Å². The minimum absolute atomic E-state index is 0.753. The van der Waals surface area contributed by atoms with Gasteiger partial charge in [0.2, 0.25) is 0 Å². The van der Waals surface area contributed by atoms with Crippen LogP contribution in [0.3, 0.4) is 0 Å². The summed E-state index contributed by atoms with van der Waals surface area (Å²) in [5, 5.41) is 3.39. The van der Waals surface area contributed by atoms with Crippen molar-refractivity contribution in [2.45, 2.75) is 26.8 Å². The summed E-state index contributed by atoms with van der Waals surface area (Å²) in [6.45, 7) is 6.43. The molecule has 13 heavy (non-hydrogen) atoms. The molecule has 1 aromatic rings. The van der Waals surface area contributed by atoms with Crippen molar-refractivity contribution in [1.82, 2.24) is 10.3 Å². The number of pyridine rings is 1. The molecule has 0 amide bonds. The van der Waals surface area contributed by atoms with E-state index < -0.39 is 0 Å². The Kier molecular flexibility index (Phi) is 4.47. The Balaban J connectivity index is 2.20. The zero-order valence-electron chi connectivity index (χ0n) is 8.46. The van der Waals surface area contributed by atoms with E-state index in [1.807, 2.05) is 24.4 Å². The predicted octanol–water partition coefficient (Wildman–Crippen LogP) is 2.22.